The third kappa shape index (κ3) is 3.97. The Morgan fingerprint density at radius 1 is 1.25 bits per heavy atom. The number of carboxylic acid groups (broad SMARTS) is 1. The predicted molar refractivity (Wildman–Crippen MR) is 93.4 cm³/mol. The van der Waals surface area contributed by atoms with E-state index in [4.69, 9.17) is 4.74 Å². The van der Waals surface area contributed by atoms with Crippen molar-refractivity contribution >= 4 is 27.8 Å². The van der Waals surface area contributed by atoms with Crippen molar-refractivity contribution in [2.75, 3.05) is 7.11 Å². The molecule has 1 amide bonds. The van der Waals surface area contributed by atoms with Crippen LogP contribution in [0.5, 0.6) is 5.75 Å². The molecule has 0 saturated heterocycles. The van der Waals surface area contributed by atoms with Crippen molar-refractivity contribution in [3.63, 3.8) is 0 Å². The van der Waals surface area contributed by atoms with E-state index < -0.39 is 17.9 Å². The topological polar surface area (TPSA) is 80.6 Å². The van der Waals surface area contributed by atoms with Gasteiger partial charge >= 0.3 is 5.97 Å². The van der Waals surface area contributed by atoms with Gasteiger partial charge in [-0.05, 0) is 53.5 Å². The number of hydrogen-bond acceptors (Lipinski definition) is 3. The lowest BCUT2D eigenvalue weighted by atomic mass is 10.1. The van der Waals surface area contributed by atoms with E-state index in [1.54, 1.807) is 41.1 Å². The lowest BCUT2D eigenvalue weighted by Gasteiger charge is -2.17. The number of carbonyl (C=O) groups is 2. The molecule has 1 aromatic carbocycles. The van der Waals surface area contributed by atoms with Crippen LogP contribution in [0.2, 0.25) is 0 Å². The number of aromatic nitrogens is 1. The molecule has 1 atom stereocenters. The van der Waals surface area contributed by atoms with Gasteiger partial charge in [-0.1, -0.05) is 12.1 Å². The summed E-state index contributed by atoms with van der Waals surface area (Å²) in [5.74, 6) is -0.959. The highest BCUT2D eigenvalue weighted by atomic mass is 79.9. The molecular formula is C17H19BrN2O4. The van der Waals surface area contributed by atoms with Gasteiger partial charge in [-0.2, -0.15) is 0 Å². The number of methoxy groups -OCH3 is 1. The monoisotopic (exact) mass is 394 g/mol. The molecule has 2 aromatic rings. The van der Waals surface area contributed by atoms with Crippen LogP contribution in [0.3, 0.4) is 0 Å². The normalized spacial score (nSPS) is 12.0. The second kappa shape index (κ2) is 7.53. The van der Waals surface area contributed by atoms with E-state index in [1.807, 2.05) is 13.8 Å². The Balaban J connectivity index is 2.27. The summed E-state index contributed by atoms with van der Waals surface area (Å²) in [6.45, 7) is 3.89. The summed E-state index contributed by atoms with van der Waals surface area (Å²) in [6, 6.07) is 7.15. The highest BCUT2D eigenvalue weighted by Gasteiger charge is 2.25. The smallest absolute Gasteiger partial charge is 0.330 e. The quantitative estimate of drug-likeness (QED) is 0.786. The van der Waals surface area contributed by atoms with Crippen molar-refractivity contribution in [2.45, 2.75) is 25.9 Å². The van der Waals surface area contributed by atoms with Crippen molar-refractivity contribution in [2.24, 2.45) is 0 Å². The lowest BCUT2D eigenvalue weighted by Crippen LogP contribution is -2.35. The van der Waals surface area contributed by atoms with Gasteiger partial charge in [-0.25, -0.2) is 4.79 Å². The molecule has 0 spiro atoms. The van der Waals surface area contributed by atoms with Crippen LogP contribution >= 0.6 is 15.9 Å². The van der Waals surface area contributed by atoms with Gasteiger partial charge in [0.2, 0.25) is 0 Å². The summed E-state index contributed by atoms with van der Waals surface area (Å²) in [5, 5.41) is 12.0. The van der Waals surface area contributed by atoms with Crippen molar-refractivity contribution in [3.8, 4) is 5.75 Å². The zero-order valence-electron chi connectivity index (χ0n) is 13.6. The van der Waals surface area contributed by atoms with E-state index in [1.165, 1.54) is 7.11 Å². The summed E-state index contributed by atoms with van der Waals surface area (Å²) >= 11 is 3.34. The molecule has 128 valence electrons. The highest BCUT2D eigenvalue weighted by molar-refractivity contribution is 9.10. The molecule has 0 saturated carbocycles. The molecule has 0 radical (unpaired) electrons. The van der Waals surface area contributed by atoms with Gasteiger partial charge in [0, 0.05) is 16.7 Å². The molecule has 0 bridgehead atoms. The average molecular weight is 395 g/mol. The summed E-state index contributed by atoms with van der Waals surface area (Å²) < 4.78 is 7.61. The molecule has 2 rings (SSSR count). The van der Waals surface area contributed by atoms with Gasteiger partial charge in [0.25, 0.3) is 5.91 Å². The average Bonchev–Trinajstić information content (AvgIpc) is 2.94. The first kappa shape index (κ1) is 18.1. The molecule has 0 aliphatic carbocycles. The summed E-state index contributed by atoms with van der Waals surface area (Å²) in [4.78, 5) is 24.1. The first-order valence-corrected chi connectivity index (χ1v) is 8.17. The van der Waals surface area contributed by atoms with E-state index >= 15 is 0 Å². The molecule has 1 unspecified atom stereocenters. The fraction of sp³-hybridized carbons (Fsp3) is 0.294. The third-order valence-electron chi connectivity index (χ3n) is 3.58. The van der Waals surface area contributed by atoms with Crippen LogP contribution < -0.4 is 10.1 Å². The molecule has 0 fully saturated rings. The molecule has 1 heterocycles. The number of rotatable bonds is 6. The number of halogens is 1. The summed E-state index contributed by atoms with van der Waals surface area (Å²) in [6.07, 6.45) is 1.79. The molecule has 2 N–H and O–H groups in total. The maximum absolute atomic E-state index is 12.6. The van der Waals surface area contributed by atoms with Gasteiger partial charge < -0.3 is 19.7 Å². The minimum Gasteiger partial charge on any atom is -0.497 e. The first-order chi connectivity index (χ1) is 11.3. The van der Waals surface area contributed by atoms with Crippen molar-refractivity contribution in [1.29, 1.82) is 0 Å². The Hall–Kier alpha value is -2.28. The Morgan fingerprint density at radius 2 is 1.88 bits per heavy atom. The maximum Gasteiger partial charge on any atom is 0.330 e. The highest BCUT2D eigenvalue weighted by Crippen LogP contribution is 2.22. The standard InChI is InChI=1S/C17H19BrN2O4/c1-10(2)20-9-12(18)8-14(20)16(21)19-15(17(22)23)11-4-6-13(24-3)7-5-11/h4-10,15H,1-3H3,(H,19,21)(H,22,23). The lowest BCUT2D eigenvalue weighted by molar-refractivity contribution is -0.139. The second-order valence-electron chi connectivity index (χ2n) is 5.56. The maximum atomic E-state index is 12.6. The Labute approximate surface area is 148 Å². The van der Waals surface area contributed by atoms with Gasteiger partial charge in [0.05, 0.1) is 7.11 Å². The minimum absolute atomic E-state index is 0.0707. The molecule has 6 nitrogen and oxygen atoms in total. The number of nitrogens with zero attached hydrogens (tertiary/aromatic N) is 1. The fourth-order valence-electron chi connectivity index (χ4n) is 2.34. The Kier molecular flexibility index (Phi) is 5.66. The van der Waals surface area contributed by atoms with Crippen LogP contribution in [-0.4, -0.2) is 28.7 Å². The number of carbonyl (C=O) groups excluding carboxylic acids is 1. The molecule has 1 aromatic heterocycles. The zero-order valence-corrected chi connectivity index (χ0v) is 15.2. The molecule has 24 heavy (non-hydrogen) atoms. The van der Waals surface area contributed by atoms with Gasteiger partial charge in [-0.3, -0.25) is 4.79 Å². The Morgan fingerprint density at radius 3 is 2.38 bits per heavy atom. The van der Waals surface area contributed by atoms with Crippen LogP contribution in [0.25, 0.3) is 0 Å². The van der Waals surface area contributed by atoms with Crippen molar-refractivity contribution in [3.05, 3.63) is 52.3 Å². The molecular weight excluding hydrogens is 376 g/mol. The van der Waals surface area contributed by atoms with Crippen LogP contribution in [0.15, 0.2) is 41.0 Å². The van der Waals surface area contributed by atoms with E-state index in [2.05, 4.69) is 21.2 Å². The number of nitrogens with one attached hydrogen (secondary N) is 1. The number of ether oxygens (including phenoxy) is 1. The van der Waals surface area contributed by atoms with Crippen LogP contribution in [0.4, 0.5) is 0 Å². The molecule has 7 heteroatoms. The first-order valence-electron chi connectivity index (χ1n) is 7.38. The van der Waals surface area contributed by atoms with Gasteiger partial charge in [0.1, 0.15) is 11.4 Å². The van der Waals surface area contributed by atoms with E-state index in [0.29, 0.717) is 17.0 Å². The predicted octanol–water partition coefficient (Wildman–Crippen LogP) is 3.40. The van der Waals surface area contributed by atoms with Crippen molar-refractivity contribution in [1.82, 2.24) is 9.88 Å². The SMILES string of the molecule is COc1ccc(C(NC(=O)c2cc(Br)cn2C(C)C)C(=O)O)cc1. The summed E-state index contributed by atoms with van der Waals surface area (Å²) in [5.41, 5.74) is 0.870. The Bertz CT molecular complexity index is 738. The number of benzene rings is 1. The van der Waals surface area contributed by atoms with E-state index in [-0.39, 0.29) is 6.04 Å². The number of aliphatic carboxylic acids is 1. The second-order valence-corrected chi connectivity index (χ2v) is 6.48. The van der Waals surface area contributed by atoms with Gasteiger partial charge in [0.15, 0.2) is 6.04 Å². The van der Waals surface area contributed by atoms with Crippen LogP contribution in [0, 0.1) is 0 Å². The fourth-order valence-corrected chi connectivity index (χ4v) is 2.78. The molecule has 0 aliphatic rings. The third-order valence-corrected chi connectivity index (χ3v) is 4.01. The van der Waals surface area contributed by atoms with Crippen LogP contribution in [-0.2, 0) is 4.79 Å². The van der Waals surface area contributed by atoms with Gasteiger partial charge in [-0.15, -0.1) is 0 Å². The van der Waals surface area contributed by atoms with E-state index in [9.17, 15) is 14.7 Å². The summed E-state index contributed by atoms with van der Waals surface area (Å²) in [7, 11) is 1.53. The van der Waals surface area contributed by atoms with Crippen LogP contribution in [0.1, 0.15) is 42.0 Å². The van der Waals surface area contributed by atoms with E-state index in [0.717, 1.165) is 4.47 Å². The molecule has 0 aliphatic heterocycles. The number of carboxylic acids is 1. The zero-order chi connectivity index (χ0) is 17.9. The number of amides is 1. The minimum atomic E-state index is -1.14. The van der Waals surface area contributed by atoms with Crippen molar-refractivity contribution < 1.29 is 19.4 Å². The number of hydrogen-bond donors (Lipinski definition) is 2. The largest absolute Gasteiger partial charge is 0.497 e.